The fraction of sp³-hybridized carbons (Fsp3) is 0.737. The Kier molecular flexibility index (Phi) is 3.91. The fourth-order valence-electron chi connectivity index (χ4n) is 5.20. The number of hydrogen-bond acceptors (Lipinski definition) is 2. The van der Waals surface area contributed by atoms with Crippen molar-refractivity contribution in [2.24, 2.45) is 17.8 Å². The molecule has 0 amide bonds. The van der Waals surface area contributed by atoms with Crippen LogP contribution in [-0.4, -0.2) is 5.78 Å². The quantitative estimate of drug-likeness (QED) is 0.720. The average molecular weight is 302 g/mol. The highest BCUT2D eigenvalue weighted by atomic mass is 32.1. The number of rotatable bonds is 2. The third-order valence-corrected chi connectivity index (χ3v) is 7.33. The van der Waals surface area contributed by atoms with E-state index in [-0.39, 0.29) is 5.92 Å². The Labute approximate surface area is 132 Å². The highest BCUT2D eigenvalue weighted by Gasteiger charge is 2.38. The zero-order valence-corrected chi connectivity index (χ0v) is 13.7. The Balaban J connectivity index is 1.49. The second-order valence-electron chi connectivity index (χ2n) is 7.46. The molecular weight excluding hydrogens is 276 g/mol. The van der Waals surface area contributed by atoms with E-state index in [1.807, 2.05) is 11.3 Å². The van der Waals surface area contributed by atoms with Crippen LogP contribution >= 0.6 is 11.3 Å². The molecule has 4 unspecified atom stereocenters. The van der Waals surface area contributed by atoms with Crippen LogP contribution in [0.25, 0.3) is 0 Å². The van der Waals surface area contributed by atoms with Crippen LogP contribution in [0, 0.1) is 17.8 Å². The van der Waals surface area contributed by atoms with Crippen molar-refractivity contribution < 1.29 is 4.79 Å². The first kappa shape index (κ1) is 14.0. The van der Waals surface area contributed by atoms with E-state index in [0.717, 1.165) is 18.3 Å². The molecule has 4 atom stereocenters. The maximum absolute atomic E-state index is 13.1. The summed E-state index contributed by atoms with van der Waals surface area (Å²) in [6.45, 7) is 0. The number of aryl methyl sites for hydroxylation is 1. The van der Waals surface area contributed by atoms with Gasteiger partial charge in [-0.2, -0.15) is 0 Å². The Hall–Kier alpha value is -0.630. The van der Waals surface area contributed by atoms with E-state index in [1.165, 1.54) is 68.2 Å². The summed E-state index contributed by atoms with van der Waals surface area (Å²) >= 11 is 1.86. The molecule has 0 N–H and O–H groups in total. The lowest BCUT2D eigenvalue weighted by atomic mass is 9.65. The number of carbonyl (C=O) groups is 1. The molecule has 2 heteroatoms. The second kappa shape index (κ2) is 5.87. The van der Waals surface area contributed by atoms with Gasteiger partial charge in [0.1, 0.15) is 5.78 Å². The van der Waals surface area contributed by atoms with E-state index in [4.69, 9.17) is 0 Å². The topological polar surface area (TPSA) is 17.1 Å². The van der Waals surface area contributed by atoms with Crippen molar-refractivity contribution in [2.75, 3.05) is 0 Å². The van der Waals surface area contributed by atoms with Crippen molar-refractivity contribution >= 4 is 17.1 Å². The Morgan fingerprint density at radius 2 is 1.86 bits per heavy atom. The molecule has 4 rings (SSSR count). The number of hydrogen-bond donors (Lipinski definition) is 0. The maximum Gasteiger partial charge on any atom is 0.143 e. The minimum Gasteiger partial charge on any atom is -0.299 e. The molecular formula is C19H26OS. The summed E-state index contributed by atoms with van der Waals surface area (Å²) in [6, 6.07) is 2.23. The Morgan fingerprint density at radius 3 is 2.76 bits per heavy atom. The van der Waals surface area contributed by atoms with Crippen LogP contribution in [0.4, 0.5) is 0 Å². The standard InChI is InChI=1S/C19H26OS/c20-19(17-6-3-7-18-16(17)10-11-21-18)15-9-8-13-4-1-2-5-14(13)12-15/h10-11,13-15,17H,1-9,12H2. The van der Waals surface area contributed by atoms with Crippen molar-refractivity contribution in [3.05, 3.63) is 21.9 Å². The lowest BCUT2D eigenvalue weighted by molar-refractivity contribution is -0.126. The van der Waals surface area contributed by atoms with Gasteiger partial charge in [0.05, 0.1) is 0 Å². The zero-order chi connectivity index (χ0) is 14.2. The summed E-state index contributed by atoms with van der Waals surface area (Å²) < 4.78 is 0. The SMILES string of the molecule is O=C(C1CCC2CCCCC2C1)C1CCCc2sccc21. The molecule has 1 aromatic heterocycles. The highest BCUT2D eigenvalue weighted by molar-refractivity contribution is 7.10. The van der Waals surface area contributed by atoms with Gasteiger partial charge >= 0.3 is 0 Å². The molecule has 2 saturated carbocycles. The van der Waals surface area contributed by atoms with E-state index in [2.05, 4.69) is 11.4 Å². The van der Waals surface area contributed by atoms with Gasteiger partial charge in [-0.3, -0.25) is 4.79 Å². The van der Waals surface area contributed by atoms with Gasteiger partial charge in [-0.05, 0) is 67.4 Å². The van der Waals surface area contributed by atoms with Gasteiger partial charge in [-0.1, -0.05) is 25.7 Å². The molecule has 2 fully saturated rings. The monoisotopic (exact) mass is 302 g/mol. The Morgan fingerprint density at radius 1 is 1.00 bits per heavy atom. The third-order valence-electron chi connectivity index (χ3n) is 6.34. The average Bonchev–Trinajstić information content (AvgIpc) is 3.02. The minimum atomic E-state index is 0.241. The first-order valence-corrected chi connectivity index (χ1v) is 9.81. The van der Waals surface area contributed by atoms with Gasteiger partial charge < -0.3 is 0 Å². The van der Waals surface area contributed by atoms with Crippen LogP contribution in [0.2, 0.25) is 0 Å². The molecule has 21 heavy (non-hydrogen) atoms. The summed E-state index contributed by atoms with van der Waals surface area (Å²) in [5.41, 5.74) is 1.39. The molecule has 1 heterocycles. The van der Waals surface area contributed by atoms with E-state index < -0.39 is 0 Å². The number of carbonyl (C=O) groups excluding carboxylic acids is 1. The minimum absolute atomic E-state index is 0.241. The van der Waals surface area contributed by atoms with E-state index in [0.29, 0.717) is 11.7 Å². The smallest absolute Gasteiger partial charge is 0.143 e. The van der Waals surface area contributed by atoms with E-state index in [1.54, 1.807) is 0 Å². The van der Waals surface area contributed by atoms with Crippen molar-refractivity contribution in [1.29, 1.82) is 0 Å². The molecule has 0 spiro atoms. The number of ketones is 1. The van der Waals surface area contributed by atoms with Gasteiger partial charge in [0, 0.05) is 16.7 Å². The predicted molar refractivity (Wildman–Crippen MR) is 87.8 cm³/mol. The van der Waals surface area contributed by atoms with Crippen molar-refractivity contribution in [3.8, 4) is 0 Å². The molecule has 1 nitrogen and oxygen atoms in total. The molecule has 0 aromatic carbocycles. The molecule has 0 saturated heterocycles. The number of thiophene rings is 1. The van der Waals surface area contributed by atoms with Crippen LogP contribution < -0.4 is 0 Å². The summed E-state index contributed by atoms with van der Waals surface area (Å²) in [5.74, 6) is 3.03. The predicted octanol–water partition coefficient (Wildman–Crippen LogP) is 5.34. The van der Waals surface area contributed by atoms with Crippen molar-refractivity contribution in [1.82, 2.24) is 0 Å². The first-order chi connectivity index (χ1) is 10.3. The van der Waals surface area contributed by atoms with E-state index >= 15 is 0 Å². The molecule has 0 radical (unpaired) electrons. The molecule has 0 bridgehead atoms. The van der Waals surface area contributed by atoms with Crippen LogP contribution in [0.3, 0.4) is 0 Å². The second-order valence-corrected chi connectivity index (χ2v) is 8.46. The van der Waals surface area contributed by atoms with Gasteiger partial charge in [0.2, 0.25) is 0 Å². The maximum atomic E-state index is 13.1. The van der Waals surface area contributed by atoms with Crippen LogP contribution in [0.5, 0.6) is 0 Å². The van der Waals surface area contributed by atoms with Gasteiger partial charge in [0.25, 0.3) is 0 Å². The first-order valence-electron chi connectivity index (χ1n) is 8.93. The van der Waals surface area contributed by atoms with Crippen LogP contribution in [0.15, 0.2) is 11.4 Å². The highest BCUT2D eigenvalue weighted by Crippen LogP contribution is 2.45. The largest absolute Gasteiger partial charge is 0.299 e. The normalized spacial score (nSPS) is 35.8. The Bertz CT molecular complexity index is 517. The number of Topliss-reactive ketones (excluding diaryl/α,β-unsaturated/α-hetero) is 1. The van der Waals surface area contributed by atoms with E-state index in [9.17, 15) is 4.79 Å². The van der Waals surface area contributed by atoms with Gasteiger partial charge in [0.15, 0.2) is 0 Å². The lowest BCUT2D eigenvalue weighted by Gasteiger charge is -2.40. The molecule has 3 aliphatic carbocycles. The summed E-state index contributed by atoms with van der Waals surface area (Å²) in [4.78, 5) is 14.6. The molecule has 1 aromatic rings. The summed E-state index contributed by atoms with van der Waals surface area (Å²) in [5, 5.41) is 2.19. The zero-order valence-electron chi connectivity index (χ0n) is 12.9. The van der Waals surface area contributed by atoms with Gasteiger partial charge in [-0.15, -0.1) is 11.3 Å². The lowest BCUT2D eigenvalue weighted by Crippen LogP contribution is -2.34. The third kappa shape index (κ3) is 2.60. The van der Waals surface area contributed by atoms with Gasteiger partial charge in [-0.25, -0.2) is 0 Å². The summed E-state index contributed by atoms with van der Waals surface area (Å²) in [7, 11) is 0. The van der Waals surface area contributed by atoms with Crippen molar-refractivity contribution in [2.45, 2.75) is 70.1 Å². The molecule has 3 aliphatic rings. The fourth-order valence-corrected chi connectivity index (χ4v) is 6.19. The molecule has 114 valence electrons. The summed E-state index contributed by atoms with van der Waals surface area (Å²) in [6.07, 6.45) is 12.9. The van der Waals surface area contributed by atoms with Crippen LogP contribution in [-0.2, 0) is 11.2 Å². The molecule has 0 aliphatic heterocycles. The van der Waals surface area contributed by atoms with Crippen LogP contribution in [0.1, 0.15) is 74.1 Å². The van der Waals surface area contributed by atoms with Crippen molar-refractivity contribution in [3.63, 3.8) is 0 Å². The number of fused-ring (bicyclic) bond motifs is 2.